The van der Waals surface area contributed by atoms with Gasteiger partial charge in [-0.2, -0.15) is 0 Å². The molecule has 0 aromatic rings. The summed E-state index contributed by atoms with van der Waals surface area (Å²) < 4.78 is 4.83. The quantitative estimate of drug-likeness (QED) is 0.494. The molecule has 0 bridgehead atoms. The molecule has 0 saturated carbocycles. The standard InChI is InChI=1S/C4H10O.C2H6Cl2Si/c1-3-5-4-2;1-5(2,3)4/h3-4H2,1-2H3;1-2H3. The Kier molecular flexibility index (Phi) is 10.5. The molecule has 0 aromatic heterocycles. The van der Waals surface area contributed by atoms with Gasteiger partial charge >= 0.3 is 0 Å². The largest absolute Gasteiger partial charge is 0.382 e. The van der Waals surface area contributed by atoms with Crippen molar-refractivity contribution < 1.29 is 4.74 Å². The summed E-state index contributed by atoms with van der Waals surface area (Å²) in [7, 11) is 0. The van der Waals surface area contributed by atoms with Gasteiger partial charge in [0.05, 0.1) is 0 Å². The Labute approximate surface area is 74.1 Å². The van der Waals surface area contributed by atoms with Gasteiger partial charge in [0.1, 0.15) is 0 Å². The summed E-state index contributed by atoms with van der Waals surface area (Å²) in [6.45, 7) is 7.71. The van der Waals surface area contributed by atoms with Crippen molar-refractivity contribution in [3.8, 4) is 0 Å². The third-order valence-electron chi connectivity index (χ3n) is 0.408. The second-order valence-electron chi connectivity index (χ2n) is 2.11. The summed E-state index contributed by atoms with van der Waals surface area (Å²) >= 11 is 10.9. The smallest absolute Gasteiger partial charge is 0.245 e. The molecular formula is C6H16Cl2OSi. The van der Waals surface area contributed by atoms with Crippen LogP contribution in [0.1, 0.15) is 13.8 Å². The van der Waals surface area contributed by atoms with Gasteiger partial charge in [-0.25, -0.2) is 0 Å². The van der Waals surface area contributed by atoms with E-state index < -0.39 is 6.69 Å². The molecule has 10 heavy (non-hydrogen) atoms. The Morgan fingerprint density at radius 2 is 1.30 bits per heavy atom. The number of hydrogen-bond acceptors (Lipinski definition) is 1. The minimum Gasteiger partial charge on any atom is -0.382 e. The van der Waals surface area contributed by atoms with Crippen LogP contribution in [0.25, 0.3) is 0 Å². The van der Waals surface area contributed by atoms with E-state index in [2.05, 4.69) is 0 Å². The minimum atomic E-state index is -1.67. The van der Waals surface area contributed by atoms with Gasteiger partial charge in [-0.1, -0.05) is 0 Å². The lowest BCUT2D eigenvalue weighted by atomic mass is 10.8. The first kappa shape index (κ1) is 13.4. The molecule has 1 nitrogen and oxygen atoms in total. The molecule has 0 unspecified atom stereocenters. The van der Waals surface area contributed by atoms with Gasteiger partial charge in [0.2, 0.25) is 6.69 Å². The van der Waals surface area contributed by atoms with Crippen molar-refractivity contribution in [3.63, 3.8) is 0 Å². The van der Waals surface area contributed by atoms with Gasteiger partial charge in [0.15, 0.2) is 0 Å². The minimum absolute atomic E-state index is 0.844. The summed E-state index contributed by atoms with van der Waals surface area (Å²) in [5, 5.41) is 0. The van der Waals surface area contributed by atoms with Crippen LogP contribution in [0.3, 0.4) is 0 Å². The van der Waals surface area contributed by atoms with Gasteiger partial charge in [0, 0.05) is 13.2 Å². The number of hydrogen-bond donors (Lipinski definition) is 0. The predicted molar refractivity (Wildman–Crippen MR) is 51.4 cm³/mol. The van der Waals surface area contributed by atoms with Gasteiger partial charge < -0.3 is 4.74 Å². The van der Waals surface area contributed by atoms with Crippen LogP contribution in [0.2, 0.25) is 13.1 Å². The molecule has 0 rings (SSSR count). The normalized spacial score (nSPS) is 10.2. The average molecular weight is 203 g/mol. The van der Waals surface area contributed by atoms with Crippen molar-refractivity contribution in [1.29, 1.82) is 0 Å². The summed E-state index contributed by atoms with van der Waals surface area (Å²) in [6, 6.07) is 0. The zero-order valence-electron chi connectivity index (χ0n) is 7.08. The fraction of sp³-hybridized carbons (Fsp3) is 1.00. The lowest BCUT2D eigenvalue weighted by Gasteiger charge is -1.93. The predicted octanol–water partition coefficient (Wildman–Crippen LogP) is 3.21. The zero-order valence-corrected chi connectivity index (χ0v) is 9.59. The SMILES string of the molecule is CCOCC.C[Si](C)(Cl)Cl. The van der Waals surface area contributed by atoms with Gasteiger partial charge in [-0.05, 0) is 26.9 Å². The third-order valence-corrected chi connectivity index (χ3v) is 0.408. The molecule has 0 N–H and O–H groups in total. The van der Waals surface area contributed by atoms with Crippen LogP contribution < -0.4 is 0 Å². The molecule has 0 aliphatic carbocycles. The molecule has 0 aromatic carbocycles. The molecule has 0 aliphatic heterocycles. The second kappa shape index (κ2) is 7.86. The fourth-order valence-corrected chi connectivity index (χ4v) is 0.204. The highest BCUT2D eigenvalue weighted by Gasteiger charge is 2.08. The van der Waals surface area contributed by atoms with Gasteiger partial charge in [-0.15, -0.1) is 22.2 Å². The van der Waals surface area contributed by atoms with Crippen molar-refractivity contribution >= 4 is 28.9 Å². The number of halogens is 2. The van der Waals surface area contributed by atoms with Crippen LogP contribution in [-0.2, 0) is 4.74 Å². The Balaban J connectivity index is 0. The van der Waals surface area contributed by atoms with Gasteiger partial charge in [-0.3, -0.25) is 0 Å². The van der Waals surface area contributed by atoms with Crippen molar-refractivity contribution in [2.45, 2.75) is 26.9 Å². The first-order chi connectivity index (χ1) is 4.41. The van der Waals surface area contributed by atoms with E-state index in [4.69, 9.17) is 26.9 Å². The van der Waals surface area contributed by atoms with E-state index in [-0.39, 0.29) is 0 Å². The summed E-state index contributed by atoms with van der Waals surface area (Å²) in [5.74, 6) is 0. The van der Waals surface area contributed by atoms with Crippen LogP contribution in [0, 0.1) is 0 Å². The van der Waals surface area contributed by atoms with E-state index in [9.17, 15) is 0 Å². The Hall–Kier alpha value is 0.757. The molecular weight excluding hydrogens is 187 g/mol. The first-order valence-corrected chi connectivity index (χ1v) is 8.39. The van der Waals surface area contributed by atoms with Crippen LogP contribution >= 0.6 is 22.2 Å². The number of ether oxygens (including phenoxy) is 1. The Bertz CT molecular complexity index is 55.3. The molecule has 0 saturated heterocycles. The average Bonchev–Trinajstić information content (AvgIpc) is 1.63. The maximum absolute atomic E-state index is 5.43. The van der Waals surface area contributed by atoms with Crippen molar-refractivity contribution in [1.82, 2.24) is 0 Å². The lowest BCUT2D eigenvalue weighted by molar-refractivity contribution is 0.162. The third kappa shape index (κ3) is 69.3. The highest BCUT2D eigenvalue weighted by molar-refractivity contribution is 7.44. The highest BCUT2D eigenvalue weighted by atomic mass is 35.7. The molecule has 0 radical (unpaired) electrons. The summed E-state index contributed by atoms with van der Waals surface area (Å²) in [5.41, 5.74) is 0. The highest BCUT2D eigenvalue weighted by Crippen LogP contribution is 2.10. The van der Waals surface area contributed by atoms with E-state index in [1.165, 1.54) is 0 Å². The lowest BCUT2D eigenvalue weighted by Crippen LogP contribution is -2.02. The monoisotopic (exact) mass is 202 g/mol. The van der Waals surface area contributed by atoms with Gasteiger partial charge in [0.25, 0.3) is 0 Å². The zero-order chi connectivity index (χ0) is 8.62. The van der Waals surface area contributed by atoms with E-state index in [1.54, 1.807) is 0 Å². The molecule has 64 valence electrons. The van der Waals surface area contributed by atoms with E-state index in [0.29, 0.717) is 0 Å². The number of rotatable bonds is 2. The van der Waals surface area contributed by atoms with Crippen LogP contribution in [0.4, 0.5) is 0 Å². The Morgan fingerprint density at radius 1 is 1.10 bits per heavy atom. The molecule has 0 fully saturated rings. The van der Waals surface area contributed by atoms with E-state index in [1.807, 2.05) is 26.9 Å². The van der Waals surface area contributed by atoms with Crippen LogP contribution in [0.5, 0.6) is 0 Å². The summed E-state index contributed by atoms with van der Waals surface area (Å²) in [4.78, 5) is 0. The maximum atomic E-state index is 5.43. The van der Waals surface area contributed by atoms with E-state index >= 15 is 0 Å². The molecule has 4 heteroatoms. The molecule has 0 atom stereocenters. The molecule has 0 heterocycles. The van der Waals surface area contributed by atoms with Crippen molar-refractivity contribution in [2.75, 3.05) is 13.2 Å². The molecule has 0 aliphatic rings. The van der Waals surface area contributed by atoms with E-state index in [0.717, 1.165) is 13.2 Å². The molecule has 0 amide bonds. The fourth-order valence-electron chi connectivity index (χ4n) is 0.204. The maximum Gasteiger partial charge on any atom is 0.245 e. The first-order valence-electron chi connectivity index (χ1n) is 3.37. The van der Waals surface area contributed by atoms with Crippen LogP contribution in [0.15, 0.2) is 0 Å². The second-order valence-corrected chi connectivity index (χ2v) is 11.0. The van der Waals surface area contributed by atoms with Crippen molar-refractivity contribution in [2.24, 2.45) is 0 Å². The summed E-state index contributed by atoms with van der Waals surface area (Å²) in [6.07, 6.45) is 0. The topological polar surface area (TPSA) is 9.23 Å². The van der Waals surface area contributed by atoms with Crippen molar-refractivity contribution in [3.05, 3.63) is 0 Å². The van der Waals surface area contributed by atoms with Crippen LogP contribution in [-0.4, -0.2) is 19.9 Å². The molecule has 0 spiro atoms. The Morgan fingerprint density at radius 3 is 1.30 bits per heavy atom.